The van der Waals surface area contributed by atoms with Gasteiger partial charge in [-0.3, -0.25) is 9.69 Å². The fourth-order valence-electron chi connectivity index (χ4n) is 2.23. The van der Waals surface area contributed by atoms with Crippen LogP contribution in [0.15, 0.2) is 18.2 Å². The van der Waals surface area contributed by atoms with E-state index in [1.165, 1.54) is 0 Å². The van der Waals surface area contributed by atoms with Crippen molar-refractivity contribution in [1.29, 1.82) is 0 Å². The molecule has 1 aromatic carbocycles. The Morgan fingerprint density at radius 1 is 1.33 bits per heavy atom. The van der Waals surface area contributed by atoms with Crippen LogP contribution in [0.5, 0.6) is 0 Å². The number of hydrogen-bond acceptors (Lipinski definition) is 2. The standard InChI is InChI=1S/C13H16Cl2N2O/c1-17-8-3-2-7-11(17)13(18)16-12-9(14)5-4-6-10(12)15/h4-6,11H,2-3,7-8H2,1H3,(H,16,18). The molecule has 1 N–H and O–H groups in total. The van der Waals surface area contributed by atoms with Gasteiger partial charge in [-0.05, 0) is 38.6 Å². The highest BCUT2D eigenvalue weighted by Crippen LogP contribution is 2.30. The van der Waals surface area contributed by atoms with Crippen molar-refractivity contribution in [3.63, 3.8) is 0 Å². The van der Waals surface area contributed by atoms with Crippen LogP contribution in [0.4, 0.5) is 5.69 Å². The second kappa shape index (κ2) is 5.91. The first-order valence-corrected chi connectivity index (χ1v) is 6.80. The molecule has 0 radical (unpaired) electrons. The van der Waals surface area contributed by atoms with Gasteiger partial charge in [0.1, 0.15) is 0 Å². The number of amides is 1. The predicted octanol–water partition coefficient (Wildman–Crippen LogP) is 3.42. The monoisotopic (exact) mass is 286 g/mol. The van der Waals surface area contributed by atoms with Crippen LogP contribution in [0.2, 0.25) is 10.0 Å². The zero-order valence-corrected chi connectivity index (χ0v) is 11.8. The molecular formula is C13H16Cl2N2O. The minimum absolute atomic E-state index is 0.0350. The Morgan fingerprint density at radius 2 is 2.00 bits per heavy atom. The van der Waals surface area contributed by atoms with Crippen molar-refractivity contribution in [3.05, 3.63) is 28.2 Å². The van der Waals surface area contributed by atoms with Crippen molar-refractivity contribution in [2.24, 2.45) is 0 Å². The number of hydrogen-bond donors (Lipinski definition) is 1. The van der Waals surface area contributed by atoms with E-state index >= 15 is 0 Å². The van der Waals surface area contributed by atoms with Crippen molar-refractivity contribution in [2.45, 2.75) is 25.3 Å². The first-order valence-electron chi connectivity index (χ1n) is 6.04. The number of likely N-dealkylation sites (tertiary alicyclic amines) is 1. The zero-order chi connectivity index (χ0) is 13.1. The zero-order valence-electron chi connectivity index (χ0n) is 10.2. The molecule has 1 aromatic rings. The fraction of sp³-hybridized carbons (Fsp3) is 0.462. The Kier molecular flexibility index (Phi) is 4.49. The highest BCUT2D eigenvalue weighted by atomic mass is 35.5. The van der Waals surface area contributed by atoms with Crippen molar-refractivity contribution in [1.82, 2.24) is 4.90 Å². The van der Waals surface area contributed by atoms with Gasteiger partial charge in [-0.15, -0.1) is 0 Å². The van der Waals surface area contributed by atoms with E-state index in [2.05, 4.69) is 10.2 Å². The molecule has 1 aliphatic rings. The molecule has 0 saturated carbocycles. The molecule has 0 aliphatic carbocycles. The quantitative estimate of drug-likeness (QED) is 0.904. The van der Waals surface area contributed by atoms with Crippen LogP contribution in [0.1, 0.15) is 19.3 Å². The van der Waals surface area contributed by atoms with E-state index in [1.54, 1.807) is 18.2 Å². The first-order chi connectivity index (χ1) is 8.59. The number of nitrogens with one attached hydrogen (secondary N) is 1. The van der Waals surface area contributed by atoms with Crippen LogP contribution in [0.25, 0.3) is 0 Å². The van der Waals surface area contributed by atoms with Crippen LogP contribution in [-0.4, -0.2) is 30.4 Å². The van der Waals surface area contributed by atoms with E-state index in [9.17, 15) is 4.79 Å². The Hall–Kier alpha value is -0.770. The Morgan fingerprint density at radius 3 is 2.61 bits per heavy atom. The van der Waals surface area contributed by atoms with Crippen molar-refractivity contribution in [2.75, 3.05) is 18.9 Å². The summed E-state index contributed by atoms with van der Waals surface area (Å²) in [6, 6.07) is 5.10. The molecule has 1 saturated heterocycles. The normalized spacial score (nSPS) is 20.7. The maximum atomic E-state index is 12.2. The minimum Gasteiger partial charge on any atom is -0.322 e. The highest BCUT2D eigenvalue weighted by Gasteiger charge is 2.26. The van der Waals surface area contributed by atoms with Gasteiger partial charge in [-0.2, -0.15) is 0 Å². The Balaban J connectivity index is 2.11. The average molecular weight is 287 g/mol. The van der Waals surface area contributed by atoms with E-state index in [1.807, 2.05) is 7.05 Å². The van der Waals surface area contributed by atoms with Crippen LogP contribution < -0.4 is 5.32 Å². The van der Waals surface area contributed by atoms with Gasteiger partial charge in [-0.1, -0.05) is 35.7 Å². The number of para-hydroxylation sites is 1. The molecule has 1 heterocycles. The molecule has 2 rings (SSSR count). The summed E-state index contributed by atoms with van der Waals surface area (Å²) in [7, 11) is 1.97. The lowest BCUT2D eigenvalue weighted by atomic mass is 10.0. The van der Waals surface area contributed by atoms with Gasteiger partial charge >= 0.3 is 0 Å². The molecule has 1 amide bonds. The highest BCUT2D eigenvalue weighted by molar-refractivity contribution is 6.39. The molecule has 98 valence electrons. The lowest BCUT2D eigenvalue weighted by Gasteiger charge is -2.31. The van der Waals surface area contributed by atoms with Crippen LogP contribution in [0.3, 0.4) is 0 Å². The summed E-state index contributed by atoms with van der Waals surface area (Å²) in [6.07, 6.45) is 3.11. The van der Waals surface area contributed by atoms with E-state index in [0.717, 1.165) is 25.8 Å². The van der Waals surface area contributed by atoms with Crippen LogP contribution in [0, 0.1) is 0 Å². The number of benzene rings is 1. The Bertz CT molecular complexity index is 430. The number of piperidine rings is 1. The topological polar surface area (TPSA) is 32.3 Å². The Labute approximate surface area is 117 Å². The van der Waals surface area contributed by atoms with Gasteiger partial charge in [-0.25, -0.2) is 0 Å². The lowest BCUT2D eigenvalue weighted by molar-refractivity contribution is -0.121. The third kappa shape index (κ3) is 2.97. The summed E-state index contributed by atoms with van der Waals surface area (Å²) < 4.78 is 0. The minimum atomic E-state index is -0.0916. The third-order valence-corrected chi connectivity index (χ3v) is 3.91. The smallest absolute Gasteiger partial charge is 0.241 e. The van der Waals surface area contributed by atoms with E-state index in [-0.39, 0.29) is 11.9 Å². The summed E-state index contributed by atoms with van der Waals surface area (Å²) in [5, 5.41) is 3.77. The number of nitrogens with zero attached hydrogens (tertiary/aromatic N) is 1. The van der Waals surface area contributed by atoms with E-state index < -0.39 is 0 Å². The van der Waals surface area contributed by atoms with E-state index in [4.69, 9.17) is 23.2 Å². The molecule has 1 aliphatic heterocycles. The molecule has 1 atom stereocenters. The summed E-state index contributed by atoms with van der Waals surface area (Å²) in [6.45, 7) is 0.953. The van der Waals surface area contributed by atoms with Crippen LogP contribution >= 0.6 is 23.2 Å². The molecule has 18 heavy (non-hydrogen) atoms. The number of halogens is 2. The summed E-state index contributed by atoms with van der Waals surface area (Å²) in [5.74, 6) is -0.0350. The van der Waals surface area contributed by atoms with E-state index in [0.29, 0.717) is 15.7 Å². The second-order valence-electron chi connectivity index (χ2n) is 4.58. The number of anilines is 1. The van der Waals surface area contributed by atoms with Crippen molar-refractivity contribution < 1.29 is 4.79 Å². The van der Waals surface area contributed by atoms with Gasteiger partial charge in [0.25, 0.3) is 0 Å². The second-order valence-corrected chi connectivity index (χ2v) is 5.39. The molecule has 0 spiro atoms. The van der Waals surface area contributed by atoms with Gasteiger partial charge in [0.05, 0.1) is 21.8 Å². The molecule has 0 aromatic heterocycles. The molecular weight excluding hydrogens is 271 g/mol. The predicted molar refractivity (Wildman–Crippen MR) is 75.4 cm³/mol. The first kappa shape index (κ1) is 13.7. The summed E-state index contributed by atoms with van der Waals surface area (Å²) in [4.78, 5) is 14.3. The largest absolute Gasteiger partial charge is 0.322 e. The number of likely N-dealkylation sites (N-methyl/N-ethyl adjacent to an activating group) is 1. The number of carbonyl (C=O) groups excluding carboxylic acids is 1. The molecule has 3 nitrogen and oxygen atoms in total. The fourth-order valence-corrected chi connectivity index (χ4v) is 2.72. The summed E-state index contributed by atoms with van der Waals surface area (Å²) in [5.41, 5.74) is 0.504. The molecule has 0 bridgehead atoms. The maximum Gasteiger partial charge on any atom is 0.241 e. The third-order valence-electron chi connectivity index (χ3n) is 3.28. The summed E-state index contributed by atoms with van der Waals surface area (Å²) >= 11 is 12.1. The maximum absolute atomic E-state index is 12.2. The van der Waals surface area contributed by atoms with Gasteiger partial charge < -0.3 is 5.32 Å². The molecule has 5 heteroatoms. The molecule has 1 fully saturated rings. The van der Waals surface area contributed by atoms with Crippen molar-refractivity contribution in [3.8, 4) is 0 Å². The molecule has 1 unspecified atom stereocenters. The van der Waals surface area contributed by atoms with Gasteiger partial charge in [0.2, 0.25) is 5.91 Å². The SMILES string of the molecule is CN1CCCCC1C(=O)Nc1c(Cl)cccc1Cl. The number of rotatable bonds is 2. The van der Waals surface area contributed by atoms with Crippen molar-refractivity contribution >= 4 is 34.8 Å². The van der Waals surface area contributed by atoms with Crippen LogP contribution in [-0.2, 0) is 4.79 Å². The number of carbonyl (C=O) groups is 1. The van der Waals surface area contributed by atoms with Gasteiger partial charge in [0.15, 0.2) is 0 Å². The average Bonchev–Trinajstić information content (AvgIpc) is 2.34. The van der Waals surface area contributed by atoms with Gasteiger partial charge in [0, 0.05) is 0 Å². The lowest BCUT2D eigenvalue weighted by Crippen LogP contribution is -2.44.